The van der Waals surface area contributed by atoms with Crippen LogP contribution in [0.2, 0.25) is 0 Å². The SMILES string of the molecule is Oc1cccc(/C=C2\c3ccccc3CCc3c(F)cccc32)c1. The predicted molar refractivity (Wildman–Crippen MR) is 95.3 cm³/mol. The molecular formula is C22H17FO. The van der Waals surface area contributed by atoms with Crippen molar-refractivity contribution in [2.45, 2.75) is 12.8 Å². The molecule has 3 aromatic rings. The molecule has 0 bridgehead atoms. The summed E-state index contributed by atoms with van der Waals surface area (Å²) in [6, 6.07) is 20.6. The normalized spacial score (nSPS) is 14.8. The topological polar surface area (TPSA) is 20.2 Å². The zero-order chi connectivity index (χ0) is 16.5. The number of aromatic hydroxyl groups is 1. The summed E-state index contributed by atoms with van der Waals surface area (Å²) in [5.41, 5.74) is 5.95. The average molecular weight is 316 g/mol. The van der Waals surface area contributed by atoms with Crippen LogP contribution in [-0.4, -0.2) is 5.11 Å². The molecule has 0 aliphatic heterocycles. The molecule has 0 saturated heterocycles. The third-order valence-electron chi connectivity index (χ3n) is 4.54. The fourth-order valence-corrected chi connectivity index (χ4v) is 3.41. The van der Waals surface area contributed by atoms with Crippen LogP contribution in [0.1, 0.15) is 27.8 Å². The first-order valence-electron chi connectivity index (χ1n) is 8.09. The lowest BCUT2D eigenvalue weighted by molar-refractivity contribution is 0.475. The number of rotatable bonds is 1. The average Bonchev–Trinajstić information content (AvgIpc) is 2.74. The second kappa shape index (κ2) is 5.97. The predicted octanol–water partition coefficient (Wildman–Crippen LogP) is 5.22. The van der Waals surface area contributed by atoms with Gasteiger partial charge in [0, 0.05) is 0 Å². The lowest BCUT2D eigenvalue weighted by Crippen LogP contribution is -1.96. The molecule has 0 radical (unpaired) electrons. The Labute approximate surface area is 140 Å². The molecule has 1 aliphatic carbocycles. The quantitative estimate of drug-likeness (QED) is 0.652. The van der Waals surface area contributed by atoms with Gasteiger partial charge in [0.2, 0.25) is 0 Å². The van der Waals surface area contributed by atoms with E-state index in [0.29, 0.717) is 6.42 Å². The number of phenols is 1. The highest BCUT2D eigenvalue weighted by Crippen LogP contribution is 2.36. The second-order valence-corrected chi connectivity index (χ2v) is 6.08. The summed E-state index contributed by atoms with van der Waals surface area (Å²) >= 11 is 0. The number of halogens is 1. The van der Waals surface area contributed by atoms with Crippen LogP contribution in [0.5, 0.6) is 5.75 Å². The Bertz CT molecular complexity index is 940. The van der Waals surface area contributed by atoms with E-state index in [0.717, 1.165) is 34.2 Å². The maximum Gasteiger partial charge on any atom is 0.127 e. The van der Waals surface area contributed by atoms with E-state index >= 15 is 0 Å². The Morgan fingerprint density at radius 3 is 2.50 bits per heavy atom. The number of phenolic OH excluding ortho intramolecular Hbond substituents is 1. The molecule has 0 spiro atoms. The molecule has 0 fully saturated rings. The molecule has 1 aliphatic rings. The van der Waals surface area contributed by atoms with Crippen LogP contribution in [0.3, 0.4) is 0 Å². The van der Waals surface area contributed by atoms with E-state index in [1.54, 1.807) is 18.2 Å². The van der Waals surface area contributed by atoms with Crippen LogP contribution in [0.15, 0.2) is 66.7 Å². The maximum absolute atomic E-state index is 14.4. The number of aryl methyl sites for hydroxylation is 1. The van der Waals surface area contributed by atoms with Gasteiger partial charge in [0.25, 0.3) is 0 Å². The van der Waals surface area contributed by atoms with Crippen LogP contribution in [-0.2, 0) is 12.8 Å². The van der Waals surface area contributed by atoms with Crippen LogP contribution in [0.25, 0.3) is 11.6 Å². The van der Waals surface area contributed by atoms with Gasteiger partial charge >= 0.3 is 0 Å². The number of hydrogen-bond donors (Lipinski definition) is 1. The van der Waals surface area contributed by atoms with E-state index in [1.807, 2.05) is 36.4 Å². The van der Waals surface area contributed by atoms with Gasteiger partial charge in [-0.2, -0.15) is 0 Å². The van der Waals surface area contributed by atoms with Gasteiger partial charge in [0.05, 0.1) is 0 Å². The first kappa shape index (κ1) is 14.7. The van der Waals surface area contributed by atoms with Gasteiger partial charge in [-0.3, -0.25) is 0 Å². The third-order valence-corrected chi connectivity index (χ3v) is 4.54. The summed E-state index contributed by atoms with van der Waals surface area (Å²) < 4.78 is 14.4. The zero-order valence-corrected chi connectivity index (χ0v) is 13.2. The van der Waals surface area contributed by atoms with Crippen molar-refractivity contribution in [2.24, 2.45) is 0 Å². The van der Waals surface area contributed by atoms with E-state index in [4.69, 9.17) is 0 Å². The van der Waals surface area contributed by atoms with Crippen LogP contribution in [0, 0.1) is 5.82 Å². The van der Waals surface area contributed by atoms with Crippen molar-refractivity contribution >= 4 is 11.6 Å². The summed E-state index contributed by atoms with van der Waals surface area (Å²) in [5, 5.41) is 9.74. The van der Waals surface area contributed by atoms with Gasteiger partial charge in [-0.15, -0.1) is 0 Å². The number of benzene rings is 3. The van der Waals surface area contributed by atoms with Gasteiger partial charge in [-0.1, -0.05) is 48.5 Å². The minimum absolute atomic E-state index is 0.151. The molecule has 0 unspecified atom stereocenters. The maximum atomic E-state index is 14.4. The minimum atomic E-state index is -0.151. The Hall–Kier alpha value is -2.87. The second-order valence-electron chi connectivity index (χ2n) is 6.08. The van der Waals surface area contributed by atoms with E-state index in [9.17, 15) is 9.50 Å². The molecule has 1 nitrogen and oxygen atoms in total. The van der Waals surface area contributed by atoms with Crippen molar-refractivity contribution in [1.29, 1.82) is 0 Å². The zero-order valence-electron chi connectivity index (χ0n) is 13.2. The highest BCUT2D eigenvalue weighted by atomic mass is 19.1. The van der Waals surface area contributed by atoms with Gasteiger partial charge in [0.1, 0.15) is 11.6 Å². The summed E-state index contributed by atoms with van der Waals surface area (Å²) in [6.45, 7) is 0. The Kier molecular flexibility index (Phi) is 3.66. The van der Waals surface area contributed by atoms with Crippen molar-refractivity contribution in [3.05, 3.63) is 100 Å². The van der Waals surface area contributed by atoms with Gasteiger partial charge in [-0.25, -0.2) is 4.39 Å². The lowest BCUT2D eigenvalue weighted by Gasteiger charge is -2.12. The number of hydrogen-bond acceptors (Lipinski definition) is 1. The van der Waals surface area contributed by atoms with Crippen molar-refractivity contribution in [2.75, 3.05) is 0 Å². The monoisotopic (exact) mass is 316 g/mol. The molecule has 0 saturated carbocycles. The first-order chi connectivity index (χ1) is 11.7. The molecule has 0 amide bonds. The molecule has 118 valence electrons. The number of fused-ring (bicyclic) bond motifs is 2. The molecule has 0 heterocycles. The summed E-state index contributed by atoms with van der Waals surface area (Å²) in [6.07, 6.45) is 3.54. The van der Waals surface area contributed by atoms with Crippen molar-refractivity contribution in [3.63, 3.8) is 0 Å². The molecule has 2 heteroatoms. The van der Waals surface area contributed by atoms with Crippen LogP contribution in [0.4, 0.5) is 4.39 Å². The summed E-state index contributed by atoms with van der Waals surface area (Å²) in [4.78, 5) is 0. The van der Waals surface area contributed by atoms with E-state index in [2.05, 4.69) is 12.1 Å². The third kappa shape index (κ3) is 2.61. The van der Waals surface area contributed by atoms with Crippen LogP contribution >= 0.6 is 0 Å². The lowest BCUT2D eigenvalue weighted by atomic mass is 9.92. The summed E-state index contributed by atoms with van der Waals surface area (Å²) in [5.74, 6) is 0.0767. The highest BCUT2D eigenvalue weighted by molar-refractivity contribution is 5.94. The fourth-order valence-electron chi connectivity index (χ4n) is 3.41. The molecule has 0 aromatic heterocycles. The van der Waals surface area contributed by atoms with Crippen molar-refractivity contribution in [1.82, 2.24) is 0 Å². The van der Waals surface area contributed by atoms with Crippen molar-refractivity contribution in [3.8, 4) is 5.75 Å². The van der Waals surface area contributed by atoms with E-state index in [-0.39, 0.29) is 11.6 Å². The minimum Gasteiger partial charge on any atom is -0.508 e. The Morgan fingerprint density at radius 2 is 1.62 bits per heavy atom. The highest BCUT2D eigenvalue weighted by Gasteiger charge is 2.20. The molecule has 1 N–H and O–H groups in total. The van der Waals surface area contributed by atoms with Gasteiger partial charge < -0.3 is 5.11 Å². The Morgan fingerprint density at radius 1 is 0.833 bits per heavy atom. The van der Waals surface area contributed by atoms with Crippen LogP contribution < -0.4 is 0 Å². The van der Waals surface area contributed by atoms with E-state index < -0.39 is 0 Å². The standard InChI is InChI=1S/C22H17FO/c23-22-10-4-9-19-20(22)12-11-16-6-1-2-8-18(16)21(19)14-15-5-3-7-17(24)13-15/h1-10,13-14,24H,11-12H2/b21-14+. The van der Waals surface area contributed by atoms with E-state index in [1.165, 1.54) is 11.6 Å². The molecular weight excluding hydrogens is 299 g/mol. The molecule has 3 aromatic carbocycles. The largest absolute Gasteiger partial charge is 0.508 e. The van der Waals surface area contributed by atoms with Gasteiger partial charge in [0.15, 0.2) is 0 Å². The molecule has 0 atom stereocenters. The first-order valence-corrected chi connectivity index (χ1v) is 8.09. The summed E-state index contributed by atoms with van der Waals surface area (Å²) in [7, 11) is 0. The van der Waals surface area contributed by atoms with Gasteiger partial charge in [-0.05, 0) is 70.5 Å². The smallest absolute Gasteiger partial charge is 0.127 e. The molecule has 4 rings (SSSR count). The Balaban J connectivity index is 1.99. The fraction of sp³-hybridized carbons (Fsp3) is 0.0909. The van der Waals surface area contributed by atoms with Crippen molar-refractivity contribution < 1.29 is 9.50 Å². The molecule has 24 heavy (non-hydrogen) atoms.